The Labute approximate surface area is 120 Å². The van der Waals surface area contributed by atoms with Gasteiger partial charge in [0, 0.05) is 18.0 Å². The first-order valence-corrected chi connectivity index (χ1v) is 7.98. The van der Waals surface area contributed by atoms with Gasteiger partial charge >= 0.3 is 0 Å². The summed E-state index contributed by atoms with van der Waals surface area (Å²) in [5.41, 5.74) is 1.80. The molecule has 0 fully saturated rings. The van der Waals surface area contributed by atoms with Crippen LogP contribution in [0, 0.1) is 0 Å². The number of rotatable bonds is 2. The standard InChI is InChI=1S/C14H11N3O3S/c1-21(19,20)11-4-2-3-9(5-11)10-6-12-13(15-7-10)14(18)17-8-16-12/h2-8H,1H3,(H,16,17,18). The summed E-state index contributed by atoms with van der Waals surface area (Å²) in [6.45, 7) is 0. The summed E-state index contributed by atoms with van der Waals surface area (Å²) in [5.74, 6) is 0. The number of aromatic nitrogens is 3. The van der Waals surface area contributed by atoms with Crippen LogP contribution in [0.25, 0.3) is 22.2 Å². The molecule has 0 amide bonds. The quantitative estimate of drug-likeness (QED) is 0.772. The third-order valence-electron chi connectivity index (χ3n) is 3.08. The molecule has 3 aromatic rings. The van der Waals surface area contributed by atoms with E-state index in [4.69, 9.17) is 0 Å². The Morgan fingerprint density at radius 2 is 1.90 bits per heavy atom. The molecule has 3 rings (SSSR count). The topological polar surface area (TPSA) is 92.8 Å². The summed E-state index contributed by atoms with van der Waals surface area (Å²) in [6.07, 6.45) is 4.00. The highest BCUT2D eigenvalue weighted by Gasteiger charge is 2.09. The molecule has 1 aromatic carbocycles. The van der Waals surface area contributed by atoms with Crippen LogP contribution in [0.5, 0.6) is 0 Å². The number of H-pyrrole nitrogens is 1. The van der Waals surface area contributed by atoms with E-state index in [-0.39, 0.29) is 16.0 Å². The van der Waals surface area contributed by atoms with Crippen molar-refractivity contribution in [3.05, 3.63) is 53.2 Å². The molecule has 0 saturated carbocycles. The van der Waals surface area contributed by atoms with Crippen LogP contribution in [-0.2, 0) is 9.84 Å². The number of fused-ring (bicyclic) bond motifs is 1. The largest absolute Gasteiger partial charge is 0.311 e. The Morgan fingerprint density at radius 1 is 1.10 bits per heavy atom. The first-order chi connectivity index (χ1) is 9.95. The number of hydrogen-bond donors (Lipinski definition) is 1. The van der Waals surface area contributed by atoms with Gasteiger partial charge < -0.3 is 4.98 Å². The monoisotopic (exact) mass is 301 g/mol. The van der Waals surface area contributed by atoms with Gasteiger partial charge in [0.1, 0.15) is 0 Å². The molecule has 0 atom stereocenters. The van der Waals surface area contributed by atoms with Gasteiger partial charge in [0.25, 0.3) is 5.56 Å². The molecule has 106 valence electrons. The maximum Gasteiger partial charge on any atom is 0.277 e. The van der Waals surface area contributed by atoms with E-state index in [1.54, 1.807) is 24.3 Å². The second-order valence-electron chi connectivity index (χ2n) is 4.62. The third-order valence-corrected chi connectivity index (χ3v) is 4.19. The summed E-state index contributed by atoms with van der Waals surface area (Å²) >= 11 is 0. The van der Waals surface area contributed by atoms with Crippen LogP contribution in [0.1, 0.15) is 0 Å². The molecular weight excluding hydrogens is 290 g/mol. The molecule has 21 heavy (non-hydrogen) atoms. The van der Waals surface area contributed by atoms with E-state index in [0.29, 0.717) is 16.6 Å². The molecule has 0 aliphatic heterocycles. The molecule has 0 saturated heterocycles. The van der Waals surface area contributed by atoms with E-state index in [2.05, 4.69) is 15.0 Å². The maximum atomic E-state index is 11.6. The number of benzene rings is 1. The summed E-state index contributed by atoms with van der Waals surface area (Å²) in [5, 5.41) is 0. The Kier molecular flexibility index (Phi) is 3.06. The van der Waals surface area contributed by atoms with Crippen LogP contribution in [0.2, 0.25) is 0 Å². The molecule has 1 N–H and O–H groups in total. The predicted octanol–water partition coefficient (Wildman–Crippen LogP) is 1.39. The minimum absolute atomic E-state index is 0.235. The van der Waals surface area contributed by atoms with E-state index in [1.807, 2.05) is 0 Å². The average Bonchev–Trinajstić information content (AvgIpc) is 2.46. The Hall–Kier alpha value is -2.54. The molecule has 0 radical (unpaired) electrons. The molecular formula is C14H11N3O3S. The SMILES string of the molecule is CS(=O)(=O)c1cccc(-c2cnc3c(=O)[nH]cnc3c2)c1. The summed E-state index contributed by atoms with van der Waals surface area (Å²) < 4.78 is 23.2. The van der Waals surface area contributed by atoms with Crippen molar-refractivity contribution in [3.8, 4) is 11.1 Å². The molecule has 2 heterocycles. The minimum atomic E-state index is -3.27. The molecule has 0 aliphatic carbocycles. The van der Waals surface area contributed by atoms with Gasteiger partial charge in [-0.1, -0.05) is 12.1 Å². The van der Waals surface area contributed by atoms with Crippen LogP contribution in [-0.4, -0.2) is 29.6 Å². The number of pyridine rings is 1. The lowest BCUT2D eigenvalue weighted by Gasteiger charge is -2.05. The van der Waals surface area contributed by atoms with Gasteiger partial charge in [-0.15, -0.1) is 0 Å². The van der Waals surface area contributed by atoms with Crippen molar-refractivity contribution in [1.29, 1.82) is 0 Å². The van der Waals surface area contributed by atoms with Crippen LogP contribution in [0.4, 0.5) is 0 Å². The van der Waals surface area contributed by atoms with Crippen molar-refractivity contribution in [2.75, 3.05) is 6.26 Å². The van der Waals surface area contributed by atoms with Gasteiger partial charge in [-0.25, -0.2) is 18.4 Å². The first kappa shape index (κ1) is 13.4. The average molecular weight is 301 g/mol. The first-order valence-electron chi connectivity index (χ1n) is 6.09. The highest BCUT2D eigenvalue weighted by molar-refractivity contribution is 7.90. The van der Waals surface area contributed by atoms with Crippen molar-refractivity contribution < 1.29 is 8.42 Å². The lowest BCUT2D eigenvalue weighted by atomic mass is 10.1. The van der Waals surface area contributed by atoms with Crippen LogP contribution in [0.15, 0.2) is 52.5 Å². The number of hydrogen-bond acceptors (Lipinski definition) is 5. The van der Waals surface area contributed by atoms with Crippen LogP contribution < -0.4 is 5.56 Å². The van der Waals surface area contributed by atoms with Gasteiger partial charge in [-0.2, -0.15) is 0 Å². The zero-order valence-corrected chi connectivity index (χ0v) is 11.9. The van der Waals surface area contributed by atoms with Gasteiger partial charge in [0.05, 0.1) is 16.7 Å². The molecule has 7 heteroatoms. The van der Waals surface area contributed by atoms with Crippen molar-refractivity contribution in [3.63, 3.8) is 0 Å². The second-order valence-corrected chi connectivity index (χ2v) is 6.64. The Bertz CT molecular complexity index is 994. The highest BCUT2D eigenvalue weighted by atomic mass is 32.2. The number of nitrogens with zero attached hydrogens (tertiary/aromatic N) is 2. The van der Waals surface area contributed by atoms with Gasteiger partial charge in [-0.3, -0.25) is 4.79 Å². The van der Waals surface area contributed by atoms with Gasteiger partial charge in [0.2, 0.25) is 0 Å². The number of aromatic amines is 1. The minimum Gasteiger partial charge on any atom is -0.311 e. The Balaban J connectivity index is 2.19. The third kappa shape index (κ3) is 2.55. The van der Waals surface area contributed by atoms with E-state index < -0.39 is 9.84 Å². The normalized spacial score (nSPS) is 11.7. The fraction of sp³-hybridized carbons (Fsp3) is 0.0714. The summed E-state index contributed by atoms with van der Waals surface area (Å²) in [6, 6.07) is 8.27. The molecule has 0 aliphatic rings. The van der Waals surface area contributed by atoms with E-state index in [1.165, 1.54) is 18.6 Å². The van der Waals surface area contributed by atoms with Crippen molar-refractivity contribution in [2.24, 2.45) is 0 Å². The van der Waals surface area contributed by atoms with E-state index >= 15 is 0 Å². The fourth-order valence-corrected chi connectivity index (χ4v) is 2.69. The molecule has 0 spiro atoms. The van der Waals surface area contributed by atoms with E-state index in [0.717, 1.165) is 6.26 Å². The number of sulfone groups is 1. The smallest absolute Gasteiger partial charge is 0.277 e. The van der Waals surface area contributed by atoms with E-state index in [9.17, 15) is 13.2 Å². The fourth-order valence-electron chi connectivity index (χ4n) is 2.02. The molecule has 6 nitrogen and oxygen atoms in total. The lowest BCUT2D eigenvalue weighted by molar-refractivity contribution is 0.602. The van der Waals surface area contributed by atoms with Crippen molar-refractivity contribution in [2.45, 2.75) is 4.90 Å². The van der Waals surface area contributed by atoms with Gasteiger partial charge in [-0.05, 0) is 23.8 Å². The van der Waals surface area contributed by atoms with Crippen molar-refractivity contribution >= 4 is 20.9 Å². The van der Waals surface area contributed by atoms with Crippen molar-refractivity contribution in [1.82, 2.24) is 15.0 Å². The highest BCUT2D eigenvalue weighted by Crippen LogP contribution is 2.23. The predicted molar refractivity (Wildman–Crippen MR) is 78.7 cm³/mol. The maximum absolute atomic E-state index is 11.6. The zero-order valence-electron chi connectivity index (χ0n) is 11.1. The zero-order chi connectivity index (χ0) is 15.0. The second kappa shape index (κ2) is 4.78. The number of nitrogens with one attached hydrogen (secondary N) is 1. The molecule has 2 aromatic heterocycles. The summed E-state index contributed by atoms with van der Waals surface area (Å²) in [7, 11) is -3.27. The Morgan fingerprint density at radius 3 is 2.67 bits per heavy atom. The lowest BCUT2D eigenvalue weighted by Crippen LogP contribution is -2.07. The molecule has 0 unspecified atom stereocenters. The summed E-state index contributed by atoms with van der Waals surface area (Å²) in [4.78, 5) is 22.4. The van der Waals surface area contributed by atoms with Crippen LogP contribution in [0.3, 0.4) is 0 Å². The molecule has 0 bridgehead atoms. The van der Waals surface area contributed by atoms with Gasteiger partial charge in [0.15, 0.2) is 15.4 Å². The van der Waals surface area contributed by atoms with Crippen LogP contribution >= 0.6 is 0 Å².